The highest BCUT2D eigenvalue weighted by molar-refractivity contribution is 5.89. The molecule has 2 N–H and O–H groups in total. The van der Waals surface area contributed by atoms with Gasteiger partial charge in [-0.1, -0.05) is 12.8 Å². The number of ether oxygens (including phenoxy) is 1. The fourth-order valence-corrected chi connectivity index (χ4v) is 4.04. The van der Waals surface area contributed by atoms with E-state index in [4.69, 9.17) is 4.74 Å². The lowest BCUT2D eigenvalue weighted by molar-refractivity contribution is -0.130. The Morgan fingerprint density at radius 3 is 2.96 bits per heavy atom. The molecule has 2 heterocycles. The van der Waals surface area contributed by atoms with Crippen LogP contribution in [0.1, 0.15) is 37.9 Å². The van der Waals surface area contributed by atoms with Gasteiger partial charge in [-0.05, 0) is 25.0 Å². The summed E-state index contributed by atoms with van der Waals surface area (Å²) in [5.41, 5.74) is 1.70. The fraction of sp³-hybridized carbons (Fsp3) is 0.526. The predicted octanol–water partition coefficient (Wildman–Crippen LogP) is 1.98. The van der Waals surface area contributed by atoms with Crippen molar-refractivity contribution in [3.8, 4) is 5.75 Å². The number of likely N-dealkylation sites (tertiary alicyclic amines) is 1. The molecule has 1 aliphatic heterocycles. The zero-order valence-corrected chi connectivity index (χ0v) is 15.0. The SMILES string of the molecule is COc1ccc2nc(CNC(=O)[C@@H]3CC(=O)N(C4CCCC4)C3)[nH]c2c1. The summed E-state index contributed by atoms with van der Waals surface area (Å²) in [6.45, 7) is 0.872. The number of amides is 2. The molecular weight excluding hydrogens is 332 g/mol. The molecule has 7 nitrogen and oxygen atoms in total. The number of methoxy groups -OCH3 is 1. The number of nitrogens with one attached hydrogen (secondary N) is 2. The van der Waals surface area contributed by atoms with Crippen molar-refractivity contribution in [2.75, 3.05) is 13.7 Å². The van der Waals surface area contributed by atoms with Gasteiger partial charge < -0.3 is 19.9 Å². The number of fused-ring (bicyclic) bond motifs is 1. The molecule has 4 rings (SSSR count). The third-order valence-corrected chi connectivity index (χ3v) is 5.46. The quantitative estimate of drug-likeness (QED) is 0.857. The Balaban J connectivity index is 1.36. The van der Waals surface area contributed by atoms with Crippen LogP contribution in [0.4, 0.5) is 0 Å². The number of nitrogens with zero attached hydrogens (tertiary/aromatic N) is 2. The third-order valence-electron chi connectivity index (χ3n) is 5.46. The highest BCUT2D eigenvalue weighted by Gasteiger charge is 2.38. The average Bonchev–Trinajstić information content (AvgIpc) is 3.37. The summed E-state index contributed by atoms with van der Waals surface area (Å²) in [7, 11) is 1.62. The first-order chi connectivity index (χ1) is 12.6. The number of H-pyrrole nitrogens is 1. The maximum Gasteiger partial charge on any atom is 0.225 e. The predicted molar refractivity (Wildman–Crippen MR) is 96.6 cm³/mol. The van der Waals surface area contributed by atoms with Gasteiger partial charge in [0, 0.05) is 25.1 Å². The third kappa shape index (κ3) is 3.25. The molecular formula is C19H24N4O3. The number of carbonyl (C=O) groups is 2. The molecule has 1 aromatic heterocycles. The topological polar surface area (TPSA) is 87.3 Å². The van der Waals surface area contributed by atoms with E-state index in [0.717, 1.165) is 29.6 Å². The molecule has 1 aromatic carbocycles. The maximum atomic E-state index is 12.5. The lowest BCUT2D eigenvalue weighted by Crippen LogP contribution is -2.36. The number of benzene rings is 1. The van der Waals surface area contributed by atoms with Crippen molar-refractivity contribution in [3.63, 3.8) is 0 Å². The van der Waals surface area contributed by atoms with Crippen molar-refractivity contribution in [1.82, 2.24) is 20.2 Å². The zero-order valence-electron chi connectivity index (χ0n) is 15.0. The van der Waals surface area contributed by atoms with Crippen LogP contribution in [-0.4, -0.2) is 46.4 Å². The number of hydrogen-bond acceptors (Lipinski definition) is 4. The fourth-order valence-electron chi connectivity index (χ4n) is 4.04. The lowest BCUT2D eigenvalue weighted by Gasteiger charge is -2.23. The number of aromatic amines is 1. The van der Waals surface area contributed by atoms with E-state index in [1.54, 1.807) is 7.11 Å². The van der Waals surface area contributed by atoms with Crippen LogP contribution in [0.5, 0.6) is 5.75 Å². The number of aromatic nitrogens is 2. The molecule has 7 heteroatoms. The molecule has 26 heavy (non-hydrogen) atoms. The van der Waals surface area contributed by atoms with Crippen molar-refractivity contribution in [2.24, 2.45) is 5.92 Å². The smallest absolute Gasteiger partial charge is 0.225 e. The van der Waals surface area contributed by atoms with Gasteiger partial charge in [-0.3, -0.25) is 9.59 Å². The second-order valence-corrected chi connectivity index (χ2v) is 7.17. The Morgan fingerprint density at radius 2 is 2.19 bits per heavy atom. The maximum absolute atomic E-state index is 12.5. The summed E-state index contributed by atoms with van der Waals surface area (Å²) in [5.74, 6) is 1.24. The Bertz CT molecular complexity index is 825. The van der Waals surface area contributed by atoms with Crippen molar-refractivity contribution < 1.29 is 14.3 Å². The Kier molecular flexibility index (Phi) is 4.53. The van der Waals surface area contributed by atoms with Crippen molar-refractivity contribution in [1.29, 1.82) is 0 Å². The molecule has 2 fully saturated rings. The van der Waals surface area contributed by atoms with Gasteiger partial charge in [0.1, 0.15) is 11.6 Å². The summed E-state index contributed by atoms with van der Waals surface area (Å²) in [5, 5.41) is 2.92. The molecule has 1 atom stereocenters. The minimum absolute atomic E-state index is 0.0723. The van der Waals surface area contributed by atoms with E-state index in [0.29, 0.717) is 31.4 Å². The van der Waals surface area contributed by atoms with Gasteiger partial charge in [0.25, 0.3) is 0 Å². The normalized spacial score (nSPS) is 20.9. The van der Waals surface area contributed by atoms with Crippen LogP contribution in [0.3, 0.4) is 0 Å². The molecule has 0 unspecified atom stereocenters. The van der Waals surface area contributed by atoms with Crippen LogP contribution in [0.25, 0.3) is 11.0 Å². The number of imidazole rings is 1. The molecule has 1 aliphatic carbocycles. The molecule has 0 bridgehead atoms. The van der Waals surface area contributed by atoms with Crippen molar-refractivity contribution in [3.05, 3.63) is 24.0 Å². The van der Waals surface area contributed by atoms with Gasteiger partial charge in [-0.15, -0.1) is 0 Å². The lowest BCUT2D eigenvalue weighted by atomic mass is 10.1. The number of carbonyl (C=O) groups excluding carboxylic acids is 2. The van der Waals surface area contributed by atoms with E-state index in [-0.39, 0.29) is 17.7 Å². The summed E-state index contributed by atoms with van der Waals surface area (Å²) >= 11 is 0. The summed E-state index contributed by atoms with van der Waals surface area (Å²) in [6.07, 6.45) is 4.83. The molecule has 1 saturated heterocycles. The second kappa shape index (κ2) is 6.97. The number of hydrogen-bond donors (Lipinski definition) is 2. The first-order valence-electron chi connectivity index (χ1n) is 9.24. The zero-order chi connectivity index (χ0) is 18.1. The van der Waals surface area contributed by atoms with E-state index < -0.39 is 0 Å². The molecule has 1 saturated carbocycles. The van der Waals surface area contributed by atoms with Gasteiger partial charge in [0.05, 0.1) is 30.6 Å². The highest BCUT2D eigenvalue weighted by Crippen LogP contribution is 2.29. The van der Waals surface area contributed by atoms with E-state index >= 15 is 0 Å². The minimum atomic E-state index is -0.257. The van der Waals surface area contributed by atoms with Gasteiger partial charge in [-0.25, -0.2) is 4.98 Å². The highest BCUT2D eigenvalue weighted by atomic mass is 16.5. The van der Waals surface area contributed by atoms with E-state index in [9.17, 15) is 9.59 Å². The van der Waals surface area contributed by atoms with E-state index in [1.165, 1.54) is 12.8 Å². The monoisotopic (exact) mass is 356 g/mol. The van der Waals surface area contributed by atoms with Crippen LogP contribution in [0.2, 0.25) is 0 Å². The number of rotatable bonds is 5. The Hall–Kier alpha value is -2.57. The van der Waals surface area contributed by atoms with Crippen molar-refractivity contribution in [2.45, 2.75) is 44.7 Å². The van der Waals surface area contributed by atoms with E-state index in [1.807, 2.05) is 23.1 Å². The van der Waals surface area contributed by atoms with Gasteiger partial charge in [0.2, 0.25) is 11.8 Å². The summed E-state index contributed by atoms with van der Waals surface area (Å²) in [6, 6.07) is 5.95. The Labute approximate surface area is 152 Å². The Morgan fingerprint density at radius 1 is 1.38 bits per heavy atom. The standard InChI is InChI=1S/C19H24N4O3/c1-26-14-6-7-15-16(9-14)22-17(21-15)10-20-19(25)12-8-18(24)23(11-12)13-4-2-3-5-13/h6-7,9,12-13H,2-5,8,10-11H2,1H3,(H,20,25)(H,21,22)/t12-/m1/s1. The van der Waals surface area contributed by atoms with Crippen LogP contribution >= 0.6 is 0 Å². The molecule has 0 spiro atoms. The molecule has 2 aliphatic rings. The van der Waals surface area contributed by atoms with Gasteiger partial charge in [0.15, 0.2) is 0 Å². The van der Waals surface area contributed by atoms with Crippen LogP contribution in [0, 0.1) is 5.92 Å². The van der Waals surface area contributed by atoms with Crippen LogP contribution in [-0.2, 0) is 16.1 Å². The second-order valence-electron chi connectivity index (χ2n) is 7.17. The van der Waals surface area contributed by atoms with Gasteiger partial charge >= 0.3 is 0 Å². The minimum Gasteiger partial charge on any atom is -0.497 e. The molecule has 2 amide bonds. The first-order valence-corrected chi connectivity index (χ1v) is 9.24. The van der Waals surface area contributed by atoms with Crippen LogP contribution in [0.15, 0.2) is 18.2 Å². The average molecular weight is 356 g/mol. The van der Waals surface area contributed by atoms with E-state index in [2.05, 4.69) is 15.3 Å². The van der Waals surface area contributed by atoms with Crippen LogP contribution < -0.4 is 10.1 Å². The van der Waals surface area contributed by atoms with Crippen molar-refractivity contribution >= 4 is 22.8 Å². The van der Waals surface area contributed by atoms with Gasteiger partial charge in [-0.2, -0.15) is 0 Å². The summed E-state index contributed by atoms with van der Waals surface area (Å²) in [4.78, 5) is 34.3. The summed E-state index contributed by atoms with van der Waals surface area (Å²) < 4.78 is 5.21. The molecule has 2 aromatic rings. The molecule has 138 valence electrons. The largest absolute Gasteiger partial charge is 0.497 e. The first kappa shape index (κ1) is 16.9. The molecule has 0 radical (unpaired) electrons.